The quantitative estimate of drug-likeness (QED) is 0.813. The molecule has 21 heavy (non-hydrogen) atoms. The lowest BCUT2D eigenvalue weighted by atomic mass is 10.1. The van der Waals surface area contributed by atoms with Crippen LogP contribution in [0.15, 0.2) is 18.2 Å². The number of fused-ring (bicyclic) bond motifs is 1. The van der Waals surface area contributed by atoms with E-state index in [9.17, 15) is 12.8 Å². The predicted molar refractivity (Wildman–Crippen MR) is 80.7 cm³/mol. The first kappa shape index (κ1) is 14.8. The second-order valence-electron chi connectivity index (χ2n) is 5.60. The van der Waals surface area contributed by atoms with Crippen LogP contribution >= 0.6 is 11.6 Å². The Morgan fingerprint density at radius 1 is 1.52 bits per heavy atom. The molecule has 7 heteroatoms. The van der Waals surface area contributed by atoms with Crippen LogP contribution in [0.4, 0.5) is 4.39 Å². The summed E-state index contributed by atoms with van der Waals surface area (Å²) in [6.07, 6.45) is 0.652. The van der Waals surface area contributed by atoms with Gasteiger partial charge in [0.15, 0.2) is 9.84 Å². The summed E-state index contributed by atoms with van der Waals surface area (Å²) in [5.41, 5.74) is 1.35. The zero-order chi connectivity index (χ0) is 15.2. The van der Waals surface area contributed by atoms with Crippen molar-refractivity contribution in [2.24, 2.45) is 5.92 Å². The third-order valence-electron chi connectivity index (χ3n) is 3.86. The molecule has 2 unspecified atom stereocenters. The van der Waals surface area contributed by atoms with Crippen molar-refractivity contribution in [3.8, 4) is 0 Å². The number of imidazole rings is 1. The van der Waals surface area contributed by atoms with Crippen molar-refractivity contribution in [3.05, 3.63) is 29.8 Å². The summed E-state index contributed by atoms with van der Waals surface area (Å²) in [7, 11) is -2.92. The minimum Gasteiger partial charge on any atom is -0.326 e. The molecule has 1 aromatic carbocycles. The summed E-state index contributed by atoms with van der Waals surface area (Å²) in [6.45, 7) is 2.36. The molecule has 114 valence electrons. The maximum Gasteiger partial charge on any atom is 0.150 e. The first-order valence-electron chi connectivity index (χ1n) is 6.86. The summed E-state index contributed by atoms with van der Waals surface area (Å²) >= 11 is 6.17. The molecule has 1 aliphatic rings. The fraction of sp³-hybridized carbons (Fsp3) is 0.500. The lowest BCUT2D eigenvalue weighted by Gasteiger charge is -2.14. The van der Waals surface area contributed by atoms with E-state index in [0.717, 1.165) is 5.52 Å². The van der Waals surface area contributed by atoms with Gasteiger partial charge in [-0.3, -0.25) is 0 Å². The molecule has 0 bridgehead atoms. The van der Waals surface area contributed by atoms with Crippen molar-refractivity contribution in [1.82, 2.24) is 9.55 Å². The smallest absolute Gasteiger partial charge is 0.150 e. The maximum atomic E-state index is 13.3. The Bertz CT molecular complexity index is 786. The zero-order valence-electron chi connectivity index (χ0n) is 11.6. The molecule has 1 aromatic heterocycles. The molecule has 0 spiro atoms. The van der Waals surface area contributed by atoms with Gasteiger partial charge in [0.2, 0.25) is 0 Å². The van der Waals surface area contributed by atoms with E-state index in [-0.39, 0.29) is 28.6 Å². The van der Waals surface area contributed by atoms with E-state index in [1.54, 1.807) is 13.0 Å². The monoisotopic (exact) mass is 330 g/mol. The van der Waals surface area contributed by atoms with Crippen molar-refractivity contribution in [2.45, 2.75) is 25.3 Å². The first-order chi connectivity index (χ1) is 9.85. The normalized spacial score (nSPS) is 22.7. The zero-order valence-corrected chi connectivity index (χ0v) is 13.2. The molecule has 3 rings (SSSR count). The van der Waals surface area contributed by atoms with E-state index in [1.165, 1.54) is 12.1 Å². The highest BCUT2D eigenvalue weighted by molar-refractivity contribution is 7.91. The fourth-order valence-electron chi connectivity index (χ4n) is 2.89. The van der Waals surface area contributed by atoms with Gasteiger partial charge in [-0.05, 0) is 31.4 Å². The highest BCUT2D eigenvalue weighted by Gasteiger charge is 2.29. The Morgan fingerprint density at radius 3 is 2.90 bits per heavy atom. The molecule has 0 aliphatic carbocycles. The van der Waals surface area contributed by atoms with Gasteiger partial charge in [-0.2, -0.15) is 0 Å². The molecule has 1 saturated heterocycles. The van der Waals surface area contributed by atoms with Gasteiger partial charge in [-0.1, -0.05) is 0 Å². The number of alkyl halides is 1. The summed E-state index contributed by atoms with van der Waals surface area (Å²) in [5.74, 6) is 0.812. The molecule has 1 fully saturated rings. The molecule has 2 aromatic rings. The number of hydrogen-bond donors (Lipinski definition) is 0. The van der Waals surface area contributed by atoms with Gasteiger partial charge in [-0.25, -0.2) is 17.8 Å². The third kappa shape index (κ3) is 2.92. The number of halogens is 2. The molecule has 0 radical (unpaired) electrons. The minimum atomic E-state index is -2.92. The topological polar surface area (TPSA) is 52.0 Å². The summed E-state index contributed by atoms with van der Waals surface area (Å²) in [5, 5.41) is -0.321. The number of nitrogens with zero attached hydrogens (tertiary/aromatic N) is 2. The fourth-order valence-corrected chi connectivity index (χ4v) is 4.91. The first-order valence-corrected chi connectivity index (χ1v) is 9.12. The van der Waals surface area contributed by atoms with Crippen LogP contribution in [0, 0.1) is 11.7 Å². The average molecular weight is 331 g/mol. The second kappa shape index (κ2) is 5.25. The Kier molecular flexibility index (Phi) is 3.69. The second-order valence-corrected chi connectivity index (χ2v) is 8.48. The molecular formula is C14H16ClFN2O2S. The van der Waals surface area contributed by atoms with Crippen LogP contribution in [-0.2, 0) is 16.4 Å². The maximum absolute atomic E-state index is 13.3. The number of aromatic nitrogens is 2. The summed E-state index contributed by atoms with van der Waals surface area (Å²) in [4.78, 5) is 4.39. The molecule has 4 nitrogen and oxygen atoms in total. The van der Waals surface area contributed by atoms with E-state index in [4.69, 9.17) is 11.6 Å². The Hall–Kier alpha value is -1.14. The molecule has 0 saturated carbocycles. The Balaban J connectivity index is 2.02. The summed E-state index contributed by atoms with van der Waals surface area (Å²) in [6, 6.07) is 4.43. The van der Waals surface area contributed by atoms with Crippen LogP contribution in [0.2, 0.25) is 0 Å². The molecule has 2 heterocycles. The average Bonchev–Trinajstić information content (AvgIpc) is 2.90. The van der Waals surface area contributed by atoms with E-state index in [2.05, 4.69) is 4.98 Å². The number of rotatable bonds is 3. The van der Waals surface area contributed by atoms with Crippen molar-refractivity contribution >= 4 is 32.5 Å². The predicted octanol–water partition coefficient (Wildman–Crippen LogP) is 2.91. The molecule has 0 amide bonds. The van der Waals surface area contributed by atoms with Gasteiger partial charge in [0, 0.05) is 12.6 Å². The van der Waals surface area contributed by atoms with Gasteiger partial charge >= 0.3 is 0 Å². The van der Waals surface area contributed by atoms with Gasteiger partial charge in [0.25, 0.3) is 0 Å². The lowest BCUT2D eigenvalue weighted by Crippen LogP contribution is -2.15. The lowest BCUT2D eigenvalue weighted by molar-refractivity contribution is 0.486. The molecular weight excluding hydrogens is 315 g/mol. The van der Waals surface area contributed by atoms with Gasteiger partial charge in [0.05, 0.1) is 27.9 Å². The van der Waals surface area contributed by atoms with Crippen LogP contribution in [0.5, 0.6) is 0 Å². The largest absolute Gasteiger partial charge is 0.326 e. The number of hydrogen-bond acceptors (Lipinski definition) is 3. The molecule has 0 N–H and O–H groups in total. The summed E-state index contributed by atoms with van der Waals surface area (Å²) < 4.78 is 38.4. The van der Waals surface area contributed by atoms with Crippen molar-refractivity contribution in [1.29, 1.82) is 0 Å². The third-order valence-corrected chi connectivity index (χ3v) is 5.90. The molecule has 2 atom stereocenters. The SMILES string of the molecule is CC(Cl)c1nc2cc(F)ccc2n1CC1CCS(=O)(=O)C1. The van der Waals surface area contributed by atoms with Gasteiger partial charge in [0.1, 0.15) is 11.6 Å². The van der Waals surface area contributed by atoms with E-state index in [0.29, 0.717) is 24.3 Å². The van der Waals surface area contributed by atoms with Gasteiger partial charge < -0.3 is 4.57 Å². The van der Waals surface area contributed by atoms with Crippen molar-refractivity contribution in [2.75, 3.05) is 11.5 Å². The van der Waals surface area contributed by atoms with Crippen LogP contribution in [-0.4, -0.2) is 29.5 Å². The Morgan fingerprint density at radius 2 is 2.29 bits per heavy atom. The van der Waals surface area contributed by atoms with Crippen LogP contribution in [0.1, 0.15) is 24.5 Å². The molecule has 1 aliphatic heterocycles. The van der Waals surface area contributed by atoms with Crippen LogP contribution in [0.25, 0.3) is 11.0 Å². The highest BCUT2D eigenvalue weighted by atomic mass is 35.5. The minimum absolute atomic E-state index is 0.0617. The van der Waals surface area contributed by atoms with E-state index < -0.39 is 9.84 Å². The van der Waals surface area contributed by atoms with Crippen molar-refractivity contribution < 1.29 is 12.8 Å². The van der Waals surface area contributed by atoms with Crippen LogP contribution < -0.4 is 0 Å². The van der Waals surface area contributed by atoms with E-state index >= 15 is 0 Å². The van der Waals surface area contributed by atoms with Gasteiger partial charge in [-0.15, -0.1) is 11.6 Å². The van der Waals surface area contributed by atoms with Crippen molar-refractivity contribution in [3.63, 3.8) is 0 Å². The van der Waals surface area contributed by atoms with E-state index in [1.807, 2.05) is 4.57 Å². The standard InChI is InChI=1S/C14H16ClFN2O2S/c1-9(15)14-17-12-6-11(16)2-3-13(12)18(14)7-10-4-5-21(19,20)8-10/h2-3,6,9-10H,4-5,7-8H2,1H3. The number of benzene rings is 1. The van der Waals surface area contributed by atoms with Crippen LogP contribution in [0.3, 0.4) is 0 Å². The highest BCUT2D eigenvalue weighted by Crippen LogP contribution is 2.28. The number of sulfone groups is 1. The Labute approximate surface area is 127 Å².